The zero-order valence-electron chi connectivity index (χ0n) is 22.5. The first kappa shape index (κ1) is 28.7. The molecule has 0 radical (unpaired) electrons. The monoisotopic (exact) mass is 592 g/mol. The van der Waals surface area contributed by atoms with E-state index in [0.717, 1.165) is 52.8 Å². The van der Waals surface area contributed by atoms with Crippen LogP contribution in [0.15, 0.2) is 83.3 Å². The summed E-state index contributed by atoms with van der Waals surface area (Å²) in [6, 6.07) is 24.8. The van der Waals surface area contributed by atoms with Gasteiger partial charge in [0.1, 0.15) is 17.5 Å². The topological polar surface area (TPSA) is 67.9 Å². The second-order valence-electron chi connectivity index (χ2n) is 9.97. The van der Waals surface area contributed by atoms with Crippen molar-refractivity contribution in [2.45, 2.75) is 63.6 Å². The third-order valence-electron chi connectivity index (χ3n) is 7.10. The van der Waals surface area contributed by atoms with Crippen LogP contribution in [0.3, 0.4) is 0 Å². The highest BCUT2D eigenvalue weighted by Gasteiger charge is 2.32. The summed E-state index contributed by atoms with van der Waals surface area (Å²) >= 11 is 3.49. The SMILES string of the molecule is COc1ccc(OCCCC(=O)N(Cc2ccc(Br)cc2)[C@@H](Cc2ccccc2)C(=O)NC2CCCC2)cc1. The molecule has 0 saturated heterocycles. The van der Waals surface area contributed by atoms with Gasteiger partial charge < -0.3 is 19.7 Å². The Morgan fingerprint density at radius 3 is 2.26 bits per heavy atom. The molecule has 0 spiro atoms. The standard InChI is InChI=1S/C32H37BrN2O4/c1-38-28-17-19-29(20-18-28)39-21-7-12-31(36)35(23-25-13-15-26(33)16-14-25)30(22-24-8-3-2-4-9-24)32(37)34-27-10-5-6-11-27/h2-4,8-9,13-20,27,30H,5-7,10-12,21-23H2,1H3,(H,34,37)/t30-/m0/s1. The first-order chi connectivity index (χ1) is 19.0. The van der Waals surface area contributed by atoms with Crippen LogP contribution < -0.4 is 14.8 Å². The van der Waals surface area contributed by atoms with E-state index in [1.54, 1.807) is 12.0 Å². The molecular weight excluding hydrogens is 556 g/mol. The number of carbonyl (C=O) groups excluding carboxylic acids is 2. The fraction of sp³-hybridized carbons (Fsp3) is 0.375. The minimum atomic E-state index is -0.605. The number of methoxy groups -OCH3 is 1. The lowest BCUT2D eigenvalue weighted by atomic mass is 10.0. The van der Waals surface area contributed by atoms with E-state index >= 15 is 0 Å². The molecule has 3 aromatic carbocycles. The average molecular weight is 594 g/mol. The number of hydrogen-bond donors (Lipinski definition) is 1. The number of nitrogens with one attached hydrogen (secondary N) is 1. The Labute approximate surface area is 239 Å². The third kappa shape index (κ3) is 8.85. The Morgan fingerprint density at radius 1 is 0.923 bits per heavy atom. The molecule has 1 saturated carbocycles. The van der Waals surface area contributed by atoms with Crippen LogP contribution in [-0.4, -0.2) is 42.5 Å². The summed E-state index contributed by atoms with van der Waals surface area (Å²) in [6.07, 6.45) is 5.54. The van der Waals surface area contributed by atoms with E-state index in [2.05, 4.69) is 21.2 Å². The first-order valence-electron chi connectivity index (χ1n) is 13.7. The van der Waals surface area contributed by atoms with Crippen molar-refractivity contribution in [3.8, 4) is 11.5 Å². The molecule has 0 heterocycles. The Kier molecular flexibility index (Phi) is 10.8. The van der Waals surface area contributed by atoms with Crippen LogP contribution in [0, 0.1) is 0 Å². The number of nitrogens with zero attached hydrogens (tertiary/aromatic N) is 1. The molecule has 0 aromatic heterocycles. The van der Waals surface area contributed by atoms with Gasteiger partial charge in [-0.1, -0.05) is 71.2 Å². The Balaban J connectivity index is 1.49. The summed E-state index contributed by atoms with van der Waals surface area (Å²) in [4.78, 5) is 29.2. The van der Waals surface area contributed by atoms with Gasteiger partial charge in [-0.25, -0.2) is 0 Å². The van der Waals surface area contributed by atoms with Crippen molar-refractivity contribution < 1.29 is 19.1 Å². The van der Waals surface area contributed by atoms with Crippen molar-refractivity contribution in [1.82, 2.24) is 10.2 Å². The molecule has 2 amide bonds. The van der Waals surface area contributed by atoms with E-state index < -0.39 is 6.04 Å². The lowest BCUT2D eigenvalue weighted by Gasteiger charge is -2.32. The van der Waals surface area contributed by atoms with Gasteiger partial charge in [0.05, 0.1) is 13.7 Å². The minimum absolute atomic E-state index is 0.0567. The van der Waals surface area contributed by atoms with Crippen LogP contribution in [0.4, 0.5) is 0 Å². The molecule has 1 atom stereocenters. The smallest absolute Gasteiger partial charge is 0.243 e. The fourth-order valence-corrected chi connectivity index (χ4v) is 5.20. The van der Waals surface area contributed by atoms with Gasteiger partial charge >= 0.3 is 0 Å². The van der Waals surface area contributed by atoms with Crippen LogP contribution in [-0.2, 0) is 22.6 Å². The number of halogens is 1. The lowest BCUT2D eigenvalue weighted by Crippen LogP contribution is -2.52. The van der Waals surface area contributed by atoms with E-state index in [4.69, 9.17) is 9.47 Å². The van der Waals surface area contributed by atoms with Crippen molar-refractivity contribution >= 4 is 27.7 Å². The number of amides is 2. The first-order valence-corrected chi connectivity index (χ1v) is 14.5. The Morgan fingerprint density at radius 2 is 1.59 bits per heavy atom. The molecule has 3 aromatic rings. The van der Waals surface area contributed by atoms with Crippen molar-refractivity contribution in [2.24, 2.45) is 0 Å². The summed E-state index contributed by atoms with van der Waals surface area (Å²) in [5, 5.41) is 3.25. The second kappa shape index (κ2) is 14.7. The van der Waals surface area contributed by atoms with Crippen LogP contribution in [0.25, 0.3) is 0 Å². The molecule has 6 nitrogen and oxygen atoms in total. The van der Waals surface area contributed by atoms with Crippen molar-refractivity contribution in [1.29, 1.82) is 0 Å². The summed E-state index contributed by atoms with van der Waals surface area (Å²) in [7, 11) is 1.63. The van der Waals surface area contributed by atoms with E-state index in [0.29, 0.717) is 26.0 Å². The van der Waals surface area contributed by atoms with Crippen molar-refractivity contribution in [3.63, 3.8) is 0 Å². The molecule has 206 valence electrons. The van der Waals surface area contributed by atoms with E-state index in [-0.39, 0.29) is 24.3 Å². The van der Waals surface area contributed by atoms with Crippen molar-refractivity contribution in [2.75, 3.05) is 13.7 Å². The quantitative estimate of drug-likeness (QED) is 0.236. The van der Waals surface area contributed by atoms with Gasteiger partial charge in [0, 0.05) is 29.9 Å². The molecule has 4 rings (SSSR count). The normalized spacial score (nSPS) is 14.0. The minimum Gasteiger partial charge on any atom is -0.497 e. The maximum atomic E-state index is 13.7. The fourth-order valence-electron chi connectivity index (χ4n) is 4.94. The van der Waals surface area contributed by atoms with E-state index in [1.165, 1.54) is 0 Å². The number of hydrogen-bond acceptors (Lipinski definition) is 4. The van der Waals surface area contributed by atoms with Crippen LogP contribution in [0.5, 0.6) is 11.5 Å². The maximum absolute atomic E-state index is 13.7. The molecule has 39 heavy (non-hydrogen) atoms. The zero-order chi connectivity index (χ0) is 27.5. The summed E-state index contributed by atoms with van der Waals surface area (Å²) in [5.74, 6) is 1.36. The van der Waals surface area contributed by atoms with Gasteiger partial charge in [0.15, 0.2) is 0 Å². The predicted molar refractivity (Wildman–Crippen MR) is 157 cm³/mol. The molecular formula is C32H37BrN2O4. The number of ether oxygens (including phenoxy) is 2. The summed E-state index contributed by atoms with van der Waals surface area (Å²) < 4.78 is 12.0. The molecule has 0 bridgehead atoms. The molecule has 1 N–H and O–H groups in total. The third-order valence-corrected chi connectivity index (χ3v) is 7.63. The highest BCUT2D eigenvalue weighted by atomic mass is 79.9. The maximum Gasteiger partial charge on any atom is 0.243 e. The van der Waals surface area contributed by atoms with E-state index in [9.17, 15) is 9.59 Å². The Hall–Kier alpha value is -3.32. The highest BCUT2D eigenvalue weighted by molar-refractivity contribution is 9.10. The van der Waals surface area contributed by atoms with E-state index in [1.807, 2.05) is 78.9 Å². The van der Waals surface area contributed by atoms with Gasteiger partial charge in [0.25, 0.3) is 0 Å². The molecule has 1 fully saturated rings. The summed E-state index contributed by atoms with van der Waals surface area (Å²) in [5.41, 5.74) is 2.01. The number of carbonyl (C=O) groups is 2. The van der Waals surface area contributed by atoms with Crippen LogP contribution >= 0.6 is 15.9 Å². The zero-order valence-corrected chi connectivity index (χ0v) is 24.1. The highest BCUT2D eigenvalue weighted by Crippen LogP contribution is 2.22. The van der Waals surface area contributed by atoms with Gasteiger partial charge in [-0.2, -0.15) is 0 Å². The van der Waals surface area contributed by atoms with Crippen LogP contribution in [0.2, 0.25) is 0 Å². The molecule has 7 heteroatoms. The molecule has 0 unspecified atom stereocenters. The van der Waals surface area contributed by atoms with Crippen molar-refractivity contribution in [3.05, 3.63) is 94.5 Å². The average Bonchev–Trinajstić information content (AvgIpc) is 3.48. The van der Waals surface area contributed by atoms with Gasteiger partial charge in [-0.15, -0.1) is 0 Å². The van der Waals surface area contributed by atoms with Gasteiger partial charge in [0.2, 0.25) is 11.8 Å². The summed E-state index contributed by atoms with van der Waals surface area (Å²) in [6.45, 7) is 0.767. The molecule has 1 aliphatic carbocycles. The van der Waals surface area contributed by atoms with Crippen LogP contribution in [0.1, 0.15) is 49.7 Å². The Bertz CT molecular complexity index is 1180. The van der Waals surface area contributed by atoms with Gasteiger partial charge in [-0.05, 0) is 66.8 Å². The number of benzene rings is 3. The number of rotatable bonds is 13. The second-order valence-corrected chi connectivity index (χ2v) is 10.9. The lowest BCUT2D eigenvalue weighted by molar-refractivity contribution is -0.141. The predicted octanol–water partition coefficient (Wildman–Crippen LogP) is 6.32. The van der Waals surface area contributed by atoms with Gasteiger partial charge in [-0.3, -0.25) is 9.59 Å². The largest absolute Gasteiger partial charge is 0.497 e. The molecule has 0 aliphatic heterocycles. The molecule has 1 aliphatic rings.